The van der Waals surface area contributed by atoms with Crippen LogP contribution in [0.5, 0.6) is 0 Å². The van der Waals surface area contributed by atoms with Crippen LogP contribution in [0.2, 0.25) is 0 Å². The number of ether oxygens (including phenoxy) is 1. The van der Waals surface area contributed by atoms with E-state index in [0.717, 1.165) is 49.9 Å². The standard InChI is InChI=1S/C20H32N4O2.HI/c1-5-21-20(24(4)13-17-10-11-26-14-17)22-12-16-6-8-18(9-7-16)23-19(25)15(2)3;/h6-9,15,17H,5,10-14H2,1-4H3,(H,21,22)(H,23,25);1H. The normalized spacial score (nSPS) is 16.8. The summed E-state index contributed by atoms with van der Waals surface area (Å²) in [5.74, 6) is 1.50. The number of carbonyl (C=O) groups is 1. The van der Waals surface area contributed by atoms with Gasteiger partial charge in [0, 0.05) is 44.3 Å². The van der Waals surface area contributed by atoms with Gasteiger partial charge in [0.15, 0.2) is 5.96 Å². The van der Waals surface area contributed by atoms with Gasteiger partial charge in [-0.05, 0) is 31.0 Å². The van der Waals surface area contributed by atoms with Crippen molar-refractivity contribution in [1.29, 1.82) is 0 Å². The lowest BCUT2D eigenvalue weighted by molar-refractivity contribution is -0.118. The van der Waals surface area contributed by atoms with Crippen LogP contribution in [0.15, 0.2) is 29.3 Å². The number of guanidine groups is 1. The molecule has 6 nitrogen and oxygen atoms in total. The zero-order valence-corrected chi connectivity index (χ0v) is 19.2. The first-order chi connectivity index (χ1) is 12.5. The molecular formula is C20H33IN4O2. The van der Waals surface area contributed by atoms with Crippen molar-refractivity contribution in [3.63, 3.8) is 0 Å². The van der Waals surface area contributed by atoms with Gasteiger partial charge in [0.05, 0.1) is 13.2 Å². The van der Waals surface area contributed by atoms with Gasteiger partial charge in [0.25, 0.3) is 0 Å². The number of rotatable bonds is 7. The Morgan fingerprint density at radius 3 is 2.59 bits per heavy atom. The quantitative estimate of drug-likeness (QED) is 0.351. The number of halogens is 1. The Balaban J connectivity index is 0.00000364. The largest absolute Gasteiger partial charge is 0.381 e. The predicted octanol–water partition coefficient (Wildman–Crippen LogP) is 3.33. The number of carbonyl (C=O) groups excluding carboxylic acids is 1. The van der Waals surface area contributed by atoms with E-state index in [1.54, 1.807) is 0 Å². The van der Waals surface area contributed by atoms with Crippen molar-refractivity contribution in [3.05, 3.63) is 29.8 Å². The van der Waals surface area contributed by atoms with Crippen LogP contribution >= 0.6 is 24.0 Å². The number of nitrogens with one attached hydrogen (secondary N) is 2. The van der Waals surface area contributed by atoms with Crippen LogP contribution in [0.4, 0.5) is 5.69 Å². The van der Waals surface area contributed by atoms with E-state index < -0.39 is 0 Å². The maximum absolute atomic E-state index is 11.7. The van der Waals surface area contributed by atoms with Crippen molar-refractivity contribution in [3.8, 4) is 0 Å². The Morgan fingerprint density at radius 1 is 1.33 bits per heavy atom. The minimum Gasteiger partial charge on any atom is -0.381 e. The third-order valence-corrected chi connectivity index (χ3v) is 4.41. The van der Waals surface area contributed by atoms with E-state index in [2.05, 4.69) is 29.5 Å². The zero-order valence-electron chi connectivity index (χ0n) is 16.8. The first-order valence-corrected chi connectivity index (χ1v) is 9.46. The molecule has 7 heteroatoms. The molecule has 1 heterocycles. The summed E-state index contributed by atoms with van der Waals surface area (Å²) in [6.07, 6.45) is 1.12. The number of hydrogen-bond donors (Lipinski definition) is 2. The van der Waals surface area contributed by atoms with Crippen molar-refractivity contribution in [2.75, 3.05) is 38.7 Å². The molecule has 0 aromatic heterocycles. The minimum absolute atomic E-state index is 0. The average Bonchev–Trinajstić information content (AvgIpc) is 3.12. The van der Waals surface area contributed by atoms with Crippen LogP contribution in [0.3, 0.4) is 0 Å². The van der Waals surface area contributed by atoms with Crippen molar-refractivity contribution in [2.24, 2.45) is 16.8 Å². The molecule has 1 fully saturated rings. The Labute approximate surface area is 180 Å². The molecule has 1 atom stereocenters. The van der Waals surface area contributed by atoms with E-state index in [1.165, 1.54) is 0 Å². The first kappa shape index (κ1) is 23.7. The van der Waals surface area contributed by atoms with Gasteiger partial charge < -0.3 is 20.3 Å². The lowest BCUT2D eigenvalue weighted by Crippen LogP contribution is -2.41. The predicted molar refractivity (Wildman–Crippen MR) is 122 cm³/mol. The Morgan fingerprint density at radius 2 is 2.04 bits per heavy atom. The van der Waals surface area contributed by atoms with Crippen LogP contribution in [-0.4, -0.2) is 50.1 Å². The third kappa shape index (κ3) is 8.04. The molecule has 1 aromatic carbocycles. The molecule has 0 aliphatic carbocycles. The van der Waals surface area contributed by atoms with Gasteiger partial charge in [-0.25, -0.2) is 4.99 Å². The number of aliphatic imine (C=N–C) groups is 1. The summed E-state index contributed by atoms with van der Waals surface area (Å²) in [6.45, 7) is 9.94. The maximum Gasteiger partial charge on any atom is 0.226 e. The summed E-state index contributed by atoms with van der Waals surface area (Å²) in [4.78, 5) is 18.7. The highest BCUT2D eigenvalue weighted by atomic mass is 127. The second kappa shape index (κ2) is 12.2. The SMILES string of the molecule is CCNC(=NCc1ccc(NC(=O)C(C)C)cc1)N(C)CC1CCOC1.I. The highest BCUT2D eigenvalue weighted by Gasteiger charge is 2.19. The molecule has 1 aliphatic heterocycles. The number of benzene rings is 1. The van der Waals surface area contributed by atoms with E-state index in [-0.39, 0.29) is 35.8 Å². The summed E-state index contributed by atoms with van der Waals surface area (Å²) < 4.78 is 5.46. The lowest BCUT2D eigenvalue weighted by Gasteiger charge is -2.24. The molecular weight excluding hydrogens is 455 g/mol. The van der Waals surface area contributed by atoms with Gasteiger partial charge in [-0.3, -0.25) is 4.79 Å². The molecule has 0 bridgehead atoms. The Bertz CT molecular complexity index is 599. The molecule has 1 amide bonds. The van der Waals surface area contributed by atoms with Crippen molar-refractivity contribution >= 4 is 41.5 Å². The highest BCUT2D eigenvalue weighted by molar-refractivity contribution is 14.0. The monoisotopic (exact) mass is 488 g/mol. The minimum atomic E-state index is -0.0252. The summed E-state index contributed by atoms with van der Waals surface area (Å²) >= 11 is 0. The second-order valence-electron chi connectivity index (χ2n) is 7.12. The first-order valence-electron chi connectivity index (χ1n) is 9.46. The number of anilines is 1. The van der Waals surface area contributed by atoms with Crippen molar-refractivity contribution in [1.82, 2.24) is 10.2 Å². The molecule has 2 N–H and O–H groups in total. The van der Waals surface area contributed by atoms with Crippen LogP contribution in [0, 0.1) is 11.8 Å². The average molecular weight is 488 g/mol. The molecule has 0 saturated carbocycles. The Kier molecular flexibility index (Phi) is 10.7. The summed E-state index contributed by atoms with van der Waals surface area (Å²) in [5, 5.41) is 6.26. The fourth-order valence-corrected chi connectivity index (χ4v) is 2.82. The number of amides is 1. The van der Waals surface area contributed by atoms with E-state index in [9.17, 15) is 4.79 Å². The maximum atomic E-state index is 11.7. The van der Waals surface area contributed by atoms with Crippen LogP contribution in [0.1, 0.15) is 32.8 Å². The fourth-order valence-electron chi connectivity index (χ4n) is 2.82. The van der Waals surface area contributed by atoms with Gasteiger partial charge in [0.2, 0.25) is 5.91 Å². The molecule has 1 aromatic rings. The molecule has 0 spiro atoms. The zero-order chi connectivity index (χ0) is 18.9. The van der Waals surface area contributed by atoms with Crippen LogP contribution < -0.4 is 10.6 Å². The van der Waals surface area contributed by atoms with Crippen molar-refractivity contribution < 1.29 is 9.53 Å². The van der Waals surface area contributed by atoms with E-state index in [4.69, 9.17) is 9.73 Å². The van der Waals surface area contributed by atoms with Crippen LogP contribution in [-0.2, 0) is 16.1 Å². The van der Waals surface area contributed by atoms with Gasteiger partial charge in [0.1, 0.15) is 0 Å². The van der Waals surface area contributed by atoms with E-state index >= 15 is 0 Å². The summed E-state index contributed by atoms with van der Waals surface area (Å²) in [5.41, 5.74) is 1.93. The molecule has 152 valence electrons. The topological polar surface area (TPSA) is 66.0 Å². The Hall–Kier alpha value is -1.35. The van der Waals surface area contributed by atoms with E-state index in [0.29, 0.717) is 12.5 Å². The molecule has 1 aliphatic rings. The van der Waals surface area contributed by atoms with E-state index in [1.807, 2.05) is 38.1 Å². The number of hydrogen-bond acceptors (Lipinski definition) is 3. The molecule has 2 rings (SSSR count). The third-order valence-electron chi connectivity index (χ3n) is 4.41. The molecule has 1 unspecified atom stereocenters. The molecule has 0 radical (unpaired) electrons. The van der Waals surface area contributed by atoms with Gasteiger partial charge >= 0.3 is 0 Å². The number of nitrogens with zero attached hydrogens (tertiary/aromatic N) is 2. The second-order valence-corrected chi connectivity index (χ2v) is 7.12. The summed E-state index contributed by atoms with van der Waals surface area (Å²) in [7, 11) is 2.07. The van der Waals surface area contributed by atoms with Gasteiger partial charge in [-0.2, -0.15) is 0 Å². The molecule has 1 saturated heterocycles. The fraction of sp³-hybridized carbons (Fsp3) is 0.600. The smallest absolute Gasteiger partial charge is 0.226 e. The van der Waals surface area contributed by atoms with Gasteiger partial charge in [-0.15, -0.1) is 24.0 Å². The van der Waals surface area contributed by atoms with Crippen LogP contribution in [0.25, 0.3) is 0 Å². The van der Waals surface area contributed by atoms with Gasteiger partial charge in [-0.1, -0.05) is 26.0 Å². The highest BCUT2D eigenvalue weighted by Crippen LogP contribution is 2.14. The summed E-state index contributed by atoms with van der Waals surface area (Å²) in [6, 6.07) is 7.87. The van der Waals surface area contributed by atoms with Crippen molar-refractivity contribution in [2.45, 2.75) is 33.7 Å². The molecule has 27 heavy (non-hydrogen) atoms. The lowest BCUT2D eigenvalue weighted by atomic mass is 10.1.